The van der Waals surface area contributed by atoms with Gasteiger partial charge in [-0.1, -0.05) is 19.4 Å². The lowest BCUT2D eigenvalue weighted by Gasteiger charge is -2.14. The third-order valence-electron chi connectivity index (χ3n) is 2.68. The van der Waals surface area contributed by atoms with E-state index in [9.17, 15) is 4.79 Å². The molecule has 1 heterocycles. The highest BCUT2D eigenvalue weighted by molar-refractivity contribution is 5.80. The fraction of sp³-hybridized carbons (Fsp3) is 0.286. The number of rotatable bonds is 5. The van der Waals surface area contributed by atoms with Crippen molar-refractivity contribution in [2.45, 2.75) is 25.9 Å². The molecule has 0 bridgehead atoms. The first-order chi connectivity index (χ1) is 8.70. The second-order valence-corrected chi connectivity index (χ2v) is 4.09. The Morgan fingerprint density at radius 1 is 1.44 bits per heavy atom. The van der Waals surface area contributed by atoms with E-state index in [1.54, 1.807) is 18.3 Å². The van der Waals surface area contributed by atoms with Gasteiger partial charge in [-0.05, 0) is 24.6 Å². The molecule has 18 heavy (non-hydrogen) atoms. The van der Waals surface area contributed by atoms with Crippen LogP contribution in [0.15, 0.2) is 36.5 Å². The van der Waals surface area contributed by atoms with Gasteiger partial charge in [0.05, 0.1) is 5.52 Å². The zero-order valence-corrected chi connectivity index (χ0v) is 10.2. The number of hydrogen-bond acceptors (Lipinski definition) is 3. The Morgan fingerprint density at radius 3 is 3.00 bits per heavy atom. The van der Waals surface area contributed by atoms with Gasteiger partial charge in [-0.2, -0.15) is 0 Å². The Morgan fingerprint density at radius 2 is 2.28 bits per heavy atom. The number of benzene rings is 1. The van der Waals surface area contributed by atoms with Gasteiger partial charge in [0.2, 0.25) is 0 Å². The van der Waals surface area contributed by atoms with Crippen LogP contribution in [0, 0.1) is 0 Å². The van der Waals surface area contributed by atoms with Gasteiger partial charge in [-0.15, -0.1) is 0 Å². The number of aromatic nitrogens is 1. The monoisotopic (exact) mass is 245 g/mol. The molecule has 1 atom stereocenters. The normalized spacial score (nSPS) is 12.3. The molecule has 0 fully saturated rings. The first-order valence-electron chi connectivity index (χ1n) is 5.95. The van der Waals surface area contributed by atoms with Crippen molar-refractivity contribution in [1.82, 2.24) is 4.98 Å². The van der Waals surface area contributed by atoms with Crippen molar-refractivity contribution in [3.8, 4) is 5.75 Å². The molecule has 4 nitrogen and oxygen atoms in total. The highest BCUT2D eigenvalue weighted by Gasteiger charge is 2.18. The van der Waals surface area contributed by atoms with Gasteiger partial charge in [0.1, 0.15) is 5.75 Å². The zero-order chi connectivity index (χ0) is 13.0. The van der Waals surface area contributed by atoms with Gasteiger partial charge in [-0.3, -0.25) is 4.98 Å². The number of nitrogens with zero attached hydrogens (tertiary/aromatic N) is 1. The summed E-state index contributed by atoms with van der Waals surface area (Å²) in [6.07, 6.45) is 2.17. The molecule has 0 aliphatic heterocycles. The maximum atomic E-state index is 11.0. The van der Waals surface area contributed by atoms with E-state index in [1.165, 1.54) is 0 Å². The van der Waals surface area contributed by atoms with Crippen molar-refractivity contribution >= 4 is 16.9 Å². The smallest absolute Gasteiger partial charge is 0.344 e. The Kier molecular flexibility index (Phi) is 3.77. The van der Waals surface area contributed by atoms with Crippen LogP contribution in [-0.2, 0) is 4.79 Å². The van der Waals surface area contributed by atoms with Crippen LogP contribution in [0.5, 0.6) is 5.75 Å². The molecule has 0 radical (unpaired) electrons. The molecule has 0 amide bonds. The first-order valence-corrected chi connectivity index (χ1v) is 5.95. The fourth-order valence-corrected chi connectivity index (χ4v) is 1.78. The summed E-state index contributed by atoms with van der Waals surface area (Å²) in [5, 5.41) is 10.0. The highest BCUT2D eigenvalue weighted by atomic mass is 16.5. The van der Waals surface area contributed by atoms with E-state index in [0.717, 1.165) is 17.3 Å². The number of pyridine rings is 1. The summed E-state index contributed by atoms with van der Waals surface area (Å²) in [6.45, 7) is 1.93. The first kappa shape index (κ1) is 12.4. The van der Waals surface area contributed by atoms with Gasteiger partial charge in [0.15, 0.2) is 6.10 Å². The summed E-state index contributed by atoms with van der Waals surface area (Å²) < 4.78 is 5.48. The minimum Gasteiger partial charge on any atom is -0.479 e. The minimum atomic E-state index is -0.932. The van der Waals surface area contributed by atoms with E-state index in [1.807, 2.05) is 25.1 Å². The van der Waals surface area contributed by atoms with E-state index in [4.69, 9.17) is 9.84 Å². The van der Waals surface area contributed by atoms with Gasteiger partial charge in [0.25, 0.3) is 0 Å². The molecule has 4 heteroatoms. The molecule has 1 aromatic carbocycles. The third kappa shape index (κ3) is 2.77. The minimum absolute atomic E-state index is 0.496. The van der Waals surface area contributed by atoms with Crippen molar-refractivity contribution in [3.63, 3.8) is 0 Å². The second-order valence-electron chi connectivity index (χ2n) is 4.09. The van der Waals surface area contributed by atoms with Crippen LogP contribution in [0.3, 0.4) is 0 Å². The van der Waals surface area contributed by atoms with Crippen molar-refractivity contribution in [3.05, 3.63) is 36.5 Å². The number of carbonyl (C=O) groups is 1. The largest absolute Gasteiger partial charge is 0.479 e. The molecular weight excluding hydrogens is 230 g/mol. The maximum Gasteiger partial charge on any atom is 0.344 e. The summed E-state index contributed by atoms with van der Waals surface area (Å²) in [5.74, 6) is -0.389. The molecule has 1 aromatic heterocycles. The number of ether oxygens (including phenoxy) is 1. The average Bonchev–Trinajstić information content (AvgIpc) is 2.38. The number of carboxylic acid groups (broad SMARTS) is 1. The summed E-state index contributed by atoms with van der Waals surface area (Å²) in [5.41, 5.74) is 0.802. The van der Waals surface area contributed by atoms with E-state index in [-0.39, 0.29) is 0 Å². The Bertz CT molecular complexity index is 553. The van der Waals surface area contributed by atoms with Gasteiger partial charge in [-0.25, -0.2) is 4.79 Å². The number of hydrogen-bond donors (Lipinski definition) is 1. The predicted octanol–water partition coefficient (Wildman–Crippen LogP) is 2.87. The van der Waals surface area contributed by atoms with Crippen LogP contribution < -0.4 is 4.74 Å². The van der Waals surface area contributed by atoms with Gasteiger partial charge < -0.3 is 9.84 Å². The number of carboxylic acids is 1. The lowest BCUT2D eigenvalue weighted by atomic mass is 10.2. The van der Waals surface area contributed by atoms with E-state index < -0.39 is 12.1 Å². The predicted molar refractivity (Wildman–Crippen MR) is 68.7 cm³/mol. The molecule has 0 spiro atoms. The summed E-state index contributed by atoms with van der Waals surface area (Å²) >= 11 is 0. The maximum absolute atomic E-state index is 11.0. The van der Waals surface area contributed by atoms with Crippen molar-refractivity contribution in [1.29, 1.82) is 0 Å². The third-order valence-corrected chi connectivity index (χ3v) is 2.68. The van der Waals surface area contributed by atoms with Crippen LogP contribution in [0.4, 0.5) is 0 Å². The topological polar surface area (TPSA) is 59.4 Å². The van der Waals surface area contributed by atoms with Crippen LogP contribution in [0.1, 0.15) is 19.8 Å². The van der Waals surface area contributed by atoms with E-state index >= 15 is 0 Å². The van der Waals surface area contributed by atoms with Crippen molar-refractivity contribution in [2.75, 3.05) is 0 Å². The standard InChI is InChI=1S/C14H15NO3/c1-2-4-13(14(16)17)18-11-7-6-10-5-3-8-15-12(10)9-11/h3,5-9,13H,2,4H2,1H3,(H,16,17). The fourth-order valence-electron chi connectivity index (χ4n) is 1.78. The van der Waals surface area contributed by atoms with Crippen molar-refractivity contribution in [2.24, 2.45) is 0 Å². The molecule has 0 saturated carbocycles. The number of aliphatic carboxylic acids is 1. The molecule has 94 valence electrons. The Balaban J connectivity index is 2.22. The second kappa shape index (κ2) is 5.49. The Hall–Kier alpha value is -2.10. The molecule has 0 aliphatic rings. The van der Waals surface area contributed by atoms with E-state index in [2.05, 4.69) is 4.98 Å². The summed E-state index contributed by atoms with van der Waals surface area (Å²) in [6, 6.07) is 9.23. The highest BCUT2D eigenvalue weighted by Crippen LogP contribution is 2.20. The molecule has 2 aromatic rings. The molecule has 0 aliphatic carbocycles. The van der Waals surface area contributed by atoms with Crippen LogP contribution >= 0.6 is 0 Å². The zero-order valence-electron chi connectivity index (χ0n) is 10.2. The SMILES string of the molecule is CCCC(Oc1ccc2cccnc2c1)C(=O)O. The van der Waals surface area contributed by atoms with Gasteiger partial charge in [0, 0.05) is 17.6 Å². The quantitative estimate of drug-likeness (QED) is 0.879. The summed E-state index contributed by atoms with van der Waals surface area (Å²) in [4.78, 5) is 15.2. The molecule has 0 saturated heterocycles. The summed E-state index contributed by atoms with van der Waals surface area (Å²) in [7, 11) is 0. The van der Waals surface area contributed by atoms with Crippen LogP contribution in [0.25, 0.3) is 10.9 Å². The average molecular weight is 245 g/mol. The lowest BCUT2D eigenvalue weighted by molar-refractivity contribution is -0.145. The van der Waals surface area contributed by atoms with E-state index in [0.29, 0.717) is 12.2 Å². The van der Waals surface area contributed by atoms with Crippen LogP contribution in [0.2, 0.25) is 0 Å². The molecule has 1 unspecified atom stereocenters. The Labute approximate surface area is 105 Å². The molecular formula is C14H15NO3. The lowest BCUT2D eigenvalue weighted by Crippen LogP contribution is -2.26. The molecule has 2 rings (SSSR count). The molecule has 1 N–H and O–H groups in total. The van der Waals surface area contributed by atoms with Crippen molar-refractivity contribution < 1.29 is 14.6 Å². The number of fused-ring (bicyclic) bond motifs is 1. The van der Waals surface area contributed by atoms with Gasteiger partial charge >= 0.3 is 5.97 Å². The van der Waals surface area contributed by atoms with Crippen LogP contribution in [-0.4, -0.2) is 22.2 Å².